The number of aryl methyl sites for hydroxylation is 1. The molecule has 2 aromatic rings. The van der Waals surface area contributed by atoms with E-state index in [2.05, 4.69) is 20.9 Å². The number of anilines is 1. The molecule has 0 spiro atoms. The zero-order valence-electron chi connectivity index (χ0n) is 13.8. The smallest absolute Gasteiger partial charge is 0.243 e. The Kier molecular flexibility index (Phi) is 6.96. The van der Waals surface area contributed by atoms with Crippen LogP contribution in [-0.4, -0.2) is 35.8 Å². The minimum Gasteiger partial charge on any atom is -0.347 e. The van der Waals surface area contributed by atoms with Crippen LogP contribution in [0, 0.1) is 6.92 Å². The van der Waals surface area contributed by atoms with E-state index in [0.29, 0.717) is 5.69 Å². The fourth-order valence-corrected chi connectivity index (χ4v) is 3.55. The quantitative estimate of drug-likeness (QED) is 0.682. The first-order valence-corrected chi connectivity index (χ1v) is 9.13. The van der Waals surface area contributed by atoms with Crippen LogP contribution in [-0.2, 0) is 14.4 Å². The fraction of sp³-hybridized carbons (Fsp3) is 0.250. The van der Waals surface area contributed by atoms with E-state index in [1.54, 1.807) is 35.2 Å². The number of nitrogens with one attached hydrogen (secondary N) is 3. The zero-order chi connectivity index (χ0) is 18.2. The number of aromatic nitrogens is 1. The van der Waals surface area contributed by atoms with Gasteiger partial charge < -0.3 is 16.0 Å². The maximum atomic E-state index is 11.8. The van der Waals surface area contributed by atoms with Gasteiger partial charge in [-0.15, -0.1) is 11.3 Å². The third-order valence-corrected chi connectivity index (χ3v) is 4.95. The summed E-state index contributed by atoms with van der Waals surface area (Å²) < 4.78 is 0.969. The zero-order valence-corrected chi connectivity index (χ0v) is 15.4. The molecule has 0 radical (unpaired) electrons. The molecule has 3 amide bonds. The van der Waals surface area contributed by atoms with Gasteiger partial charge in [0.25, 0.3) is 0 Å². The van der Waals surface area contributed by atoms with Crippen molar-refractivity contribution in [3.8, 4) is 0 Å². The van der Waals surface area contributed by atoms with Crippen LogP contribution in [0.1, 0.15) is 12.6 Å². The van der Waals surface area contributed by atoms with Crippen LogP contribution in [0.3, 0.4) is 0 Å². The van der Waals surface area contributed by atoms with Gasteiger partial charge in [0.2, 0.25) is 17.7 Å². The highest BCUT2D eigenvalue weighted by Crippen LogP contribution is 2.30. The summed E-state index contributed by atoms with van der Waals surface area (Å²) in [5.74, 6) is -1.06. The highest BCUT2D eigenvalue weighted by Gasteiger charge is 2.07. The second-order valence-corrected chi connectivity index (χ2v) is 7.29. The predicted molar refractivity (Wildman–Crippen MR) is 97.7 cm³/mol. The Bertz CT molecular complexity index is 759. The van der Waals surface area contributed by atoms with Crippen LogP contribution in [0.15, 0.2) is 38.9 Å². The largest absolute Gasteiger partial charge is 0.347 e. The van der Waals surface area contributed by atoms with Gasteiger partial charge in [-0.05, 0) is 31.2 Å². The molecule has 1 aromatic carbocycles. The summed E-state index contributed by atoms with van der Waals surface area (Å²) in [5.41, 5.74) is 1.64. The van der Waals surface area contributed by atoms with E-state index in [-0.39, 0.29) is 24.9 Å². The lowest BCUT2D eigenvalue weighted by Crippen LogP contribution is -2.39. The third kappa shape index (κ3) is 6.94. The second-order valence-electron chi connectivity index (χ2n) is 5.12. The number of carbonyl (C=O) groups excluding carboxylic acids is 3. The summed E-state index contributed by atoms with van der Waals surface area (Å²) >= 11 is 3.15. The summed E-state index contributed by atoms with van der Waals surface area (Å²) in [6.07, 6.45) is 0. The maximum Gasteiger partial charge on any atom is 0.243 e. The van der Waals surface area contributed by atoms with Crippen LogP contribution in [0.2, 0.25) is 0 Å². The van der Waals surface area contributed by atoms with E-state index < -0.39 is 5.91 Å². The molecule has 25 heavy (non-hydrogen) atoms. The first kappa shape index (κ1) is 18.9. The average molecular weight is 378 g/mol. The molecule has 0 aliphatic heterocycles. The minimum absolute atomic E-state index is 0.148. The lowest BCUT2D eigenvalue weighted by molar-refractivity contribution is -0.126. The first-order valence-electron chi connectivity index (χ1n) is 7.43. The van der Waals surface area contributed by atoms with Crippen LogP contribution < -0.4 is 16.0 Å². The van der Waals surface area contributed by atoms with Crippen molar-refractivity contribution in [2.75, 3.05) is 18.4 Å². The number of hydrogen-bond acceptors (Lipinski definition) is 6. The molecule has 2 rings (SSSR count). The van der Waals surface area contributed by atoms with Crippen molar-refractivity contribution in [1.82, 2.24) is 15.6 Å². The van der Waals surface area contributed by atoms with Gasteiger partial charge >= 0.3 is 0 Å². The number of benzene rings is 1. The molecule has 0 aliphatic carbocycles. The van der Waals surface area contributed by atoms with Gasteiger partial charge in [0.1, 0.15) is 0 Å². The van der Waals surface area contributed by atoms with E-state index in [9.17, 15) is 14.4 Å². The molecule has 0 saturated heterocycles. The number of rotatable bonds is 7. The van der Waals surface area contributed by atoms with Gasteiger partial charge in [-0.25, -0.2) is 4.98 Å². The van der Waals surface area contributed by atoms with Crippen molar-refractivity contribution in [2.24, 2.45) is 0 Å². The predicted octanol–water partition coefficient (Wildman–Crippen LogP) is 1.79. The van der Waals surface area contributed by atoms with Crippen molar-refractivity contribution < 1.29 is 14.4 Å². The minimum atomic E-state index is -0.421. The number of amides is 3. The summed E-state index contributed by atoms with van der Waals surface area (Å²) in [6, 6.07) is 7.37. The highest BCUT2D eigenvalue weighted by atomic mass is 32.2. The Morgan fingerprint density at radius 2 is 1.76 bits per heavy atom. The number of carbonyl (C=O) groups is 3. The number of thiazole rings is 1. The van der Waals surface area contributed by atoms with E-state index in [1.165, 1.54) is 6.92 Å². The second kappa shape index (κ2) is 9.19. The monoisotopic (exact) mass is 378 g/mol. The fourth-order valence-electron chi connectivity index (χ4n) is 1.74. The average Bonchev–Trinajstić information content (AvgIpc) is 2.98. The first-order chi connectivity index (χ1) is 11.9. The highest BCUT2D eigenvalue weighted by molar-refractivity contribution is 8.01. The molecule has 0 unspecified atom stereocenters. The molecule has 1 heterocycles. The SMILES string of the molecule is CC(=O)NCC(=O)NCC(=O)Nc1ccc(Sc2nc(C)cs2)cc1. The number of nitrogens with zero attached hydrogens (tertiary/aromatic N) is 1. The van der Waals surface area contributed by atoms with E-state index >= 15 is 0 Å². The van der Waals surface area contributed by atoms with Crippen molar-refractivity contribution in [1.29, 1.82) is 0 Å². The Morgan fingerprint density at radius 1 is 1.08 bits per heavy atom. The van der Waals surface area contributed by atoms with Crippen molar-refractivity contribution in [2.45, 2.75) is 23.1 Å². The maximum absolute atomic E-state index is 11.8. The Morgan fingerprint density at radius 3 is 2.36 bits per heavy atom. The Labute approximate surface area is 153 Å². The molecule has 0 atom stereocenters. The van der Waals surface area contributed by atoms with Crippen LogP contribution in [0.4, 0.5) is 5.69 Å². The lowest BCUT2D eigenvalue weighted by Gasteiger charge is -2.08. The summed E-state index contributed by atoms with van der Waals surface area (Å²) in [6.45, 7) is 2.96. The molecule has 132 valence electrons. The van der Waals surface area contributed by atoms with Gasteiger partial charge in [-0.2, -0.15) is 0 Å². The molecule has 9 heteroatoms. The van der Waals surface area contributed by atoms with Crippen LogP contribution >= 0.6 is 23.1 Å². The lowest BCUT2D eigenvalue weighted by atomic mass is 10.3. The van der Waals surface area contributed by atoms with Gasteiger partial charge in [-0.1, -0.05) is 11.8 Å². The summed E-state index contributed by atoms with van der Waals surface area (Å²) in [7, 11) is 0. The topological polar surface area (TPSA) is 100 Å². The van der Waals surface area contributed by atoms with Crippen LogP contribution in [0.25, 0.3) is 0 Å². The Hall–Kier alpha value is -2.39. The van der Waals surface area contributed by atoms with E-state index in [4.69, 9.17) is 0 Å². The standard InChI is InChI=1S/C16H18N4O3S2/c1-10-9-24-16(19-10)25-13-5-3-12(4-6-13)20-15(23)8-18-14(22)7-17-11(2)21/h3-6,9H,7-8H2,1-2H3,(H,17,21)(H,18,22)(H,20,23). The molecule has 0 bridgehead atoms. The van der Waals surface area contributed by atoms with Crippen molar-refractivity contribution in [3.63, 3.8) is 0 Å². The van der Waals surface area contributed by atoms with Gasteiger partial charge in [0.15, 0.2) is 4.34 Å². The van der Waals surface area contributed by atoms with Gasteiger partial charge in [0, 0.05) is 28.6 Å². The van der Waals surface area contributed by atoms with Crippen LogP contribution in [0.5, 0.6) is 0 Å². The normalized spacial score (nSPS) is 10.2. The Balaban J connectivity index is 1.77. The molecule has 0 saturated carbocycles. The van der Waals surface area contributed by atoms with Gasteiger partial charge in [0.05, 0.1) is 13.1 Å². The molecule has 0 fully saturated rings. The van der Waals surface area contributed by atoms with Gasteiger partial charge in [-0.3, -0.25) is 14.4 Å². The molecule has 3 N–H and O–H groups in total. The molecule has 1 aromatic heterocycles. The summed E-state index contributed by atoms with van der Waals surface area (Å²) in [5, 5.41) is 9.48. The summed E-state index contributed by atoms with van der Waals surface area (Å²) in [4.78, 5) is 39.3. The van der Waals surface area contributed by atoms with E-state index in [1.807, 2.05) is 24.4 Å². The van der Waals surface area contributed by atoms with E-state index in [0.717, 1.165) is 14.9 Å². The molecule has 0 aliphatic rings. The molecule has 7 nitrogen and oxygen atoms in total. The van der Waals surface area contributed by atoms with Crippen molar-refractivity contribution >= 4 is 46.5 Å². The van der Waals surface area contributed by atoms with Crippen molar-refractivity contribution in [3.05, 3.63) is 35.3 Å². The third-order valence-electron chi connectivity index (χ3n) is 2.89. The molecular weight excluding hydrogens is 360 g/mol. The molecular formula is C16H18N4O3S2. The number of hydrogen-bond donors (Lipinski definition) is 3.